The molecule has 84 valence electrons. The lowest BCUT2D eigenvalue weighted by molar-refractivity contribution is 0.507. The molecule has 0 saturated heterocycles. The topological polar surface area (TPSA) is 0 Å². The number of halogens is 3. The largest absolute Gasteiger partial charge is 0.207 e. The Hall–Kier alpha value is -0.270. The van der Waals surface area contributed by atoms with Crippen LogP contribution in [0.4, 0.5) is 4.39 Å². The third-order valence-electron chi connectivity index (χ3n) is 2.30. The summed E-state index contributed by atoms with van der Waals surface area (Å²) in [6.45, 7) is 4.02. The molecule has 0 saturated carbocycles. The first-order valence-corrected chi connectivity index (χ1v) is 5.88. The van der Waals surface area contributed by atoms with E-state index in [-0.39, 0.29) is 11.2 Å². The van der Waals surface area contributed by atoms with Gasteiger partial charge >= 0.3 is 0 Å². The molecule has 0 aliphatic rings. The van der Waals surface area contributed by atoms with Gasteiger partial charge in [-0.25, -0.2) is 4.39 Å². The molecule has 0 N–H and O–H groups in total. The SMILES string of the molecule is CC(Cl)CC(C)Cc1cc(Cl)ccc1F. The molecule has 1 aromatic rings. The van der Waals surface area contributed by atoms with Crippen molar-refractivity contribution in [3.05, 3.63) is 34.6 Å². The van der Waals surface area contributed by atoms with Crippen LogP contribution in [-0.2, 0) is 6.42 Å². The first-order valence-electron chi connectivity index (χ1n) is 5.07. The van der Waals surface area contributed by atoms with E-state index in [0.717, 1.165) is 6.42 Å². The van der Waals surface area contributed by atoms with Gasteiger partial charge in [0.15, 0.2) is 0 Å². The molecule has 0 nitrogen and oxygen atoms in total. The summed E-state index contributed by atoms with van der Waals surface area (Å²) in [5.41, 5.74) is 0.673. The monoisotopic (exact) mass is 248 g/mol. The zero-order valence-electron chi connectivity index (χ0n) is 8.93. The maximum absolute atomic E-state index is 13.4. The summed E-state index contributed by atoms with van der Waals surface area (Å²) in [7, 11) is 0. The third-order valence-corrected chi connectivity index (χ3v) is 2.72. The fourth-order valence-corrected chi connectivity index (χ4v) is 2.21. The van der Waals surface area contributed by atoms with Crippen molar-refractivity contribution in [3.8, 4) is 0 Å². The summed E-state index contributed by atoms with van der Waals surface area (Å²) in [4.78, 5) is 0. The van der Waals surface area contributed by atoms with Crippen LogP contribution in [0.3, 0.4) is 0 Å². The van der Waals surface area contributed by atoms with Crippen molar-refractivity contribution in [3.63, 3.8) is 0 Å². The first kappa shape index (κ1) is 12.8. The van der Waals surface area contributed by atoms with Gasteiger partial charge in [-0.05, 0) is 49.4 Å². The Bertz CT molecular complexity index is 323. The van der Waals surface area contributed by atoms with Gasteiger partial charge in [0.25, 0.3) is 0 Å². The third kappa shape index (κ3) is 4.40. The van der Waals surface area contributed by atoms with Gasteiger partial charge in [-0.1, -0.05) is 18.5 Å². The van der Waals surface area contributed by atoms with Gasteiger partial charge in [0.05, 0.1) is 0 Å². The Morgan fingerprint density at radius 3 is 2.60 bits per heavy atom. The standard InChI is InChI=1S/C12H15Cl2F/c1-8(5-9(2)13)6-10-7-11(14)3-4-12(10)15/h3-4,7-9H,5-6H2,1-2H3. The lowest BCUT2D eigenvalue weighted by Gasteiger charge is -2.13. The molecule has 3 heteroatoms. The minimum Gasteiger partial charge on any atom is -0.207 e. The van der Waals surface area contributed by atoms with E-state index in [1.807, 2.05) is 6.92 Å². The summed E-state index contributed by atoms with van der Waals surface area (Å²) < 4.78 is 13.4. The summed E-state index contributed by atoms with van der Waals surface area (Å²) in [5, 5.41) is 0.708. The lowest BCUT2D eigenvalue weighted by atomic mass is 9.96. The number of benzene rings is 1. The number of hydrogen-bond acceptors (Lipinski definition) is 0. The fraction of sp³-hybridized carbons (Fsp3) is 0.500. The smallest absolute Gasteiger partial charge is 0.126 e. The van der Waals surface area contributed by atoms with Crippen molar-refractivity contribution in [2.75, 3.05) is 0 Å². The van der Waals surface area contributed by atoms with Crippen LogP contribution >= 0.6 is 23.2 Å². The van der Waals surface area contributed by atoms with Crippen LogP contribution in [0.1, 0.15) is 25.8 Å². The zero-order chi connectivity index (χ0) is 11.4. The Morgan fingerprint density at radius 1 is 1.33 bits per heavy atom. The highest BCUT2D eigenvalue weighted by molar-refractivity contribution is 6.30. The van der Waals surface area contributed by atoms with E-state index >= 15 is 0 Å². The molecule has 2 atom stereocenters. The predicted octanol–water partition coefficient (Wildman–Crippen LogP) is 4.68. The Morgan fingerprint density at radius 2 is 2.00 bits per heavy atom. The summed E-state index contributed by atoms with van der Waals surface area (Å²) in [6.07, 6.45) is 1.57. The molecule has 0 aliphatic heterocycles. The highest BCUT2D eigenvalue weighted by Crippen LogP contribution is 2.21. The summed E-state index contributed by atoms with van der Waals surface area (Å²) in [6, 6.07) is 4.66. The minimum atomic E-state index is -0.187. The average Bonchev–Trinajstić information content (AvgIpc) is 2.10. The quantitative estimate of drug-likeness (QED) is 0.680. The van der Waals surface area contributed by atoms with E-state index in [0.29, 0.717) is 22.9 Å². The molecule has 0 spiro atoms. The van der Waals surface area contributed by atoms with Crippen molar-refractivity contribution in [1.29, 1.82) is 0 Å². The van der Waals surface area contributed by atoms with Gasteiger partial charge in [0.1, 0.15) is 5.82 Å². The van der Waals surface area contributed by atoms with E-state index in [4.69, 9.17) is 23.2 Å². The second kappa shape index (κ2) is 5.72. The molecular weight excluding hydrogens is 234 g/mol. The van der Waals surface area contributed by atoms with Gasteiger partial charge in [0.2, 0.25) is 0 Å². The van der Waals surface area contributed by atoms with Crippen molar-refractivity contribution in [2.45, 2.75) is 32.1 Å². The minimum absolute atomic E-state index is 0.127. The van der Waals surface area contributed by atoms with Crippen LogP contribution in [0.5, 0.6) is 0 Å². The molecule has 0 radical (unpaired) electrons. The highest BCUT2D eigenvalue weighted by Gasteiger charge is 2.10. The molecule has 0 aromatic heterocycles. The fourth-order valence-electron chi connectivity index (χ4n) is 1.71. The van der Waals surface area contributed by atoms with Crippen LogP contribution in [0.15, 0.2) is 18.2 Å². The molecular formula is C12H15Cl2F. The number of rotatable bonds is 4. The van der Waals surface area contributed by atoms with Gasteiger partial charge in [-0.3, -0.25) is 0 Å². The van der Waals surface area contributed by atoms with Gasteiger partial charge in [-0.15, -0.1) is 11.6 Å². The zero-order valence-corrected chi connectivity index (χ0v) is 10.4. The molecule has 1 aromatic carbocycles. The van der Waals surface area contributed by atoms with E-state index in [1.54, 1.807) is 12.1 Å². The van der Waals surface area contributed by atoms with E-state index in [9.17, 15) is 4.39 Å². The van der Waals surface area contributed by atoms with Crippen molar-refractivity contribution in [1.82, 2.24) is 0 Å². The van der Waals surface area contributed by atoms with E-state index < -0.39 is 0 Å². The molecule has 15 heavy (non-hydrogen) atoms. The molecule has 0 fully saturated rings. The van der Waals surface area contributed by atoms with Crippen molar-refractivity contribution >= 4 is 23.2 Å². The maximum Gasteiger partial charge on any atom is 0.126 e. The van der Waals surface area contributed by atoms with E-state index in [2.05, 4.69) is 6.92 Å². The Labute approximate surface area is 100 Å². The molecule has 0 amide bonds. The first-order chi connectivity index (χ1) is 6.99. The number of alkyl halides is 1. The van der Waals surface area contributed by atoms with Gasteiger partial charge in [0, 0.05) is 10.4 Å². The second-order valence-electron chi connectivity index (χ2n) is 4.06. The maximum atomic E-state index is 13.4. The highest BCUT2D eigenvalue weighted by atomic mass is 35.5. The Kier molecular flexibility index (Phi) is 4.88. The molecule has 1 rings (SSSR count). The van der Waals surface area contributed by atoms with Crippen molar-refractivity contribution < 1.29 is 4.39 Å². The van der Waals surface area contributed by atoms with Gasteiger partial charge < -0.3 is 0 Å². The Balaban J connectivity index is 2.67. The normalized spacial score (nSPS) is 15.0. The van der Waals surface area contributed by atoms with E-state index in [1.165, 1.54) is 6.07 Å². The molecule has 0 aliphatic carbocycles. The number of hydrogen-bond donors (Lipinski definition) is 0. The molecule has 0 bridgehead atoms. The van der Waals surface area contributed by atoms with Crippen molar-refractivity contribution in [2.24, 2.45) is 5.92 Å². The van der Waals surface area contributed by atoms with Crippen LogP contribution < -0.4 is 0 Å². The van der Waals surface area contributed by atoms with Crippen LogP contribution in [0.25, 0.3) is 0 Å². The second-order valence-corrected chi connectivity index (χ2v) is 5.24. The average molecular weight is 249 g/mol. The van der Waals surface area contributed by atoms with Crippen LogP contribution in [0.2, 0.25) is 5.02 Å². The van der Waals surface area contributed by atoms with Crippen LogP contribution in [0, 0.1) is 11.7 Å². The lowest BCUT2D eigenvalue weighted by Crippen LogP contribution is -2.06. The summed E-state index contributed by atoms with van der Waals surface area (Å²) >= 11 is 11.7. The predicted molar refractivity (Wildman–Crippen MR) is 64.2 cm³/mol. The summed E-state index contributed by atoms with van der Waals surface area (Å²) in [5.74, 6) is 0.180. The van der Waals surface area contributed by atoms with Gasteiger partial charge in [-0.2, -0.15) is 0 Å². The molecule has 0 heterocycles. The molecule has 2 unspecified atom stereocenters. The van der Waals surface area contributed by atoms with Crippen LogP contribution in [-0.4, -0.2) is 5.38 Å².